The van der Waals surface area contributed by atoms with Gasteiger partial charge in [-0.15, -0.1) is 0 Å². The van der Waals surface area contributed by atoms with Gasteiger partial charge in [0.25, 0.3) is 5.24 Å². The molecule has 0 saturated carbocycles. The number of ether oxygens (including phenoxy) is 1. The van der Waals surface area contributed by atoms with Gasteiger partial charge in [-0.25, -0.2) is 0 Å². The molecule has 1 rings (SSSR count). The maximum Gasteiger partial charge on any atom is 0.262 e. The summed E-state index contributed by atoms with van der Waals surface area (Å²) in [5.41, 5.74) is 1.35. The minimum Gasteiger partial charge on any atom is -0.481 e. The molecule has 0 heterocycles. The highest BCUT2D eigenvalue weighted by Crippen LogP contribution is 2.25. The number of benzene rings is 1. The SMILES string of the molecule is CCCCC(Oc1ccc(C(C)(C)C)cc1)C(=O)Cl. The third-order valence-corrected chi connectivity index (χ3v) is 3.32. The number of hydrogen-bond donors (Lipinski definition) is 0. The Hall–Kier alpha value is -1.02. The molecule has 1 unspecified atom stereocenters. The zero-order chi connectivity index (χ0) is 14.5. The minimum absolute atomic E-state index is 0.114. The Balaban J connectivity index is 2.72. The van der Waals surface area contributed by atoms with Crippen molar-refractivity contribution in [1.82, 2.24) is 0 Å². The number of unbranched alkanes of at least 4 members (excludes halogenated alkanes) is 1. The zero-order valence-electron chi connectivity index (χ0n) is 12.2. The van der Waals surface area contributed by atoms with Crippen molar-refractivity contribution in [2.45, 2.75) is 58.5 Å². The van der Waals surface area contributed by atoms with Gasteiger partial charge in [-0.2, -0.15) is 0 Å². The van der Waals surface area contributed by atoms with Crippen LogP contribution in [0, 0.1) is 0 Å². The van der Waals surface area contributed by atoms with E-state index in [1.165, 1.54) is 5.56 Å². The molecule has 0 fully saturated rings. The molecule has 0 saturated heterocycles. The van der Waals surface area contributed by atoms with Crippen molar-refractivity contribution in [3.8, 4) is 5.75 Å². The van der Waals surface area contributed by atoms with Crippen LogP contribution in [0.2, 0.25) is 0 Å². The van der Waals surface area contributed by atoms with E-state index in [0.717, 1.165) is 12.8 Å². The molecule has 0 radical (unpaired) electrons. The second-order valence-electron chi connectivity index (χ2n) is 5.83. The van der Waals surface area contributed by atoms with Gasteiger partial charge in [-0.05, 0) is 47.6 Å². The third kappa shape index (κ3) is 5.23. The number of carbonyl (C=O) groups excluding carboxylic acids is 1. The number of halogens is 1. The van der Waals surface area contributed by atoms with Crippen LogP contribution in [0.25, 0.3) is 0 Å². The summed E-state index contributed by atoms with van der Waals surface area (Å²) in [5, 5.41) is -0.423. The average Bonchev–Trinajstić information content (AvgIpc) is 2.33. The molecule has 0 aromatic heterocycles. The predicted octanol–water partition coefficient (Wildman–Crippen LogP) is 4.69. The molecule has 1 atom stereocenters. The molecule has 3 heteroatoms. The Labute approximate surface area is 121 Å². The first-order valence-electron chi connectivity index (χ1n) is 6.81. The lowest BCUT2D eigenvalue weighted by Gasteiger charge is -2.20. The Bertz CT molecular complexity index is 404. The average molecular weight is 283 g/mol. The van der Waals surface area contributed by atoms with Crippen molar-refractivity contribution in [1.29, 1.82) is 0 Å². The van der Waals surface area contributed by atoms with Crippen LogP contribution >= 0.6 is 11.6 Å². The van der Waals surface area contributed by atoms with Crippen LogP contribution < -0.4 is 4.74 Å². The minimum atomic E-state index is -0.540. The van der Waals surface area contributed by atoms with Gasteiger partial charge in [0, 0.05) is 0 Å². The molecular formula is C16H23ClO2. The van der Waals surface area contributed by atoms with Gasteiger partial charge < -0.3 is 4.74 Å². The second-order valence-corrected chi connectivity index (χ2v) is 6.20. The normalized spacial score (nSPS) is 13.1. The van der Waals surface area contributed by atoms with Crippen molar-refractivity contribution in [3.05, 3.63) is 29.8 Å². The lowest BCUT2D eigenvalue weighted by molar-refractivity contribution is -0.118. The first-order valence-corrected chi connectivity index (χ1v) is 7.19. The van der Waals surface area contributed by atoms with Crippen LogP contribution in [0.4, 0.5) is 0 Å². The van der Waals surface area contributed by atoms with E-state index in [-0.39, 0.29) is 5.41 Å². The monoisotopic (exact) mass is 282 g/mol. The van der Waals surface area contributed by atoms with E-state index in [4.69, 9.17) is 16.3 Å². The standard InChI is InChI=1S/C16H23ClO2/c1-5-6-7-14(15(17)18)19-13-10-8-12(9-11-13)16(2,3)4/h8-11,14H,5-7H2,1-4H3. The van der Waals surface area contributed by atoms with Crippen LogP contribution in [0.5, 0.6) is 5.75 Å². The fourth-order valence-electron chi connectivity index (χ4n) is 1.81. The largest absolute Gasteiger partial charge is 0.481 e. The lowest BCUT2D eigenvalue weighted by atomic mass is 9.87. The van der Waals surface area contributed by atoms with Crippen LogP contribution in [-0.2, 0) is 10.2 Å². The quantitative estimate of drug-likeness (QED) is 0.708. The van der Waals surface area contributed by atoms with Gasteiger partial charge in [0.2, 0.25) is 0 Å². The number of carbonyl (C=O) groups is 1. The molecule has 19 heavy (non-hydrogen) atoms. The zero-order valence-corrected chi connectivity index (χ0v) is 13.0. The smallest absolute Gasteiger partial charge is 0.262 e. The number of hydrogen-bond acceptors (Lipinski definition) is 2. The van der Waals surface area contributed by atoms with Gasteiger partial charge in [-0.1, -0.05) is 46.2 Å². The molecule has 1 aromatic rings. The summed E-state index contributed by atoms with van der Waals surface area (Å²) in [6.07, 6.45) is 2.08. The van der Waals surface area contributed by atoms with E-state index >= 15 is 0 Å². The van der Waals surface area contributed by atoms with E-state index < -0.39 is 11.3 Å². The lowest BCUT2D eigenvalue weighted by Crippen LogP contribution is -2.23. The molecule has 0 aliphatic heterocycles. The summed E-state index contributed by atoms with van der Waals surface area (Å²) < 4.78 is 5.66. The molecule has 0 N–H and O–H groups in total. The Morgan fingerprint density at radius 3 is 2.26 bits per heavy atom. The highest BCUT2D eigenvalue weighted by atomic mass is 35.5. The van der Waals surface area contributed by atoms with Crippen LogP contribution in [-0.4, -0.2) is 11.3 Å². The Kier molecular flexibility index (Phi) is 5.86. The summed E-state index contributed by atoms with van der Waals surface area (Å²) in [5.74, 6) is 0.697. The van der Waals surface area contributed by atoms with Crippen molar-refractivity contribution in [3.63, 3.8) is 0 Å². The molecule has 106 valence electrons. The fourth-order valence-corrected chi connectivity index (χ4v) is 1.96. The molecule has 0 aliphatic carbocycles. The summed E-state index contributed by atoms with van der Waals surface area (Å²) >= 11 is 5.57. The third-order valence-electron chi connectivity index (χ3n) is 3.07. The van der Waals surface area contributed by atoms with Gasteiger partial charge in [0.15, 0.2) is 6.10 Å². The highest BCUT2D eigenvalue weighted by Gasteiger charge is 2.18. The van der Waals surface area contributed by atoms with E-state index in [2.05, 4.69) is 27.7 Å². The van der Waals surface area contributed by atoms with E-state index in [0.29, 0.717) is 12.2 Å². The van der Waals surface area contributed by atoms with Gasteiger partial charge >= 0.3 is 0 Å². The predicted molar refractivity (Wildman–Crippen MR) is 79.9 cm³/mol. The van der Waals surface area contributed by atoms with Crippen LogP contribution in [0.15, 0.2) is 24.3 Å². The molecule has 1 aromatic carbocycles. The summed E-state index contributed by atoms with van der Waals surface area (Å²) in [6.45, 7) is 8.56. The van der Waals surface area contributed by atoms with Gasteiger partial charge in [-0.3, -0.25) is 4.79 Å². The van der Waals surface area contributed by atoms with E-state index in [9.17, 15) is 4.79 Å². The maximum atomic E-state index is 11.3. The fraction of sp³-hybridized carbons (Fsp3) is 0.562. The molecule has 0 amide bonds. The molecule has 0 bridgehead atoms. The van der Waals surface area contributed by atoms with Gasteiger partial charge in [0.05, 0.1) is 0 Å². The van der Waals surface area contributed by atoms with Crippen molar-refractivity contribution >= 4 is 16.8 Å². The topological polar surface area (TPSA) is 26.3 Å². The van der Waals surface area contributed by atoms with Gasteiger partial charge in [0.1, 0.15) is 5.75 Å². The first kappa shape index (κ1) is 16.0. The summed E-state index contributed by atoms with van der Waals surface area (Å²) in [4.78, 5) is 11.3. The molecule has 0 aliphatic rings. The highest BCUT2D eigenvalue weighted by molar-refractivity contribution is 6.64. The Morgan fingerprint density at radius 1 is 1.26 bits per heavy atom. The van der Waals surface area contributed by atoms with Crippen molar-refractivity contribution < 1.29 is 9.53 Å². The molecule has 0 spiro atoms. The summed E-state index contributed by atoms with van der Waals surface area (Å²) in [7, 11) is 0. The molecule has 2 nitrogen and oxygen atoms in total. The first-order chi connectivity index (χ1) is 8.84. The van der Waals surface area contributed by atoms with E-state index in [1.54, 1.807) is 0 Å². The van der Waals surface area contributed by atoms with Crippen molar-refractivity contribution in [2.24, 2.45) is 0 Å². The van der Waals surface area contributed by atoms with Crippen LogP contribution in [0.3, 0.4) is 0 Å². The number of rotatable bonds is 6. The van der Waals surface area contributed by atoms with Crippen LogP contribution in [0.1, 0.15) is 52.5 Å². The second kappa shape index (κ2) is 6.95. The molecular weight excluding hydrogens is 260 g/mol. The van der Waals surface area contributed by atoms with E-state index in [1.807, 2.05) is 24.3 Å². The Morgan fingerprint density at radius 2 is 1.84 bits per heavy atom. The van der Waals surface area contributed by atoms with Crippen molar-refractivity contribution in [2.75, 3.05) is 0 Å². The maximum absolute atomic E-state index is 11.3. The summed E-state index contributed by atoms with van der Waals surface area (Å²) in [6, 6.07) is 7.87.